The standard InChI is InChI=1S/C21H23FN4O/c1-15-6-8-17(9-7-15)20-26-19(14-27-20)13-25-21(23-2)24-11-10-16-4-3-5-18(22)12-16/h3-9,12,14H,10-11,13H2,1-2H3,(H2,23,24,25). The Bertz CT molecular complexity index is 903. The maximum Gasteiger partial charge on any atom is 0.226 e. The van der Waals surface area contributed by atoms with Crippen LogP contribution in [-0.2, 0) is 13.0 Å². The lowest BCUT2D eigenvalue weighted by atomic mass is 10.1. The first-order valence-corrected chi connectivity index (χ1v) is 8.84. The smallest absolute Gasteiger partial charge is 0.226 e. The maximum atomic E-state index is 13.2. The minimum absolute atomic E-state index is 0.217. The summed E-state index contributed by atoms with van der Waals surface area (Å²) in [5, 5.41) is 6.41. The zero-order valence-electron chi connectivity index (χ0n) is 15.5. The van der Waals surface area contributed by atoms with Crippen LogP contribution in [0.25, 0.3) is 11.5 Å². The van der Waals surface area contributed by atoms with Gasteiger partial charge in [0, 0.05) is 19.2 Å². The fourth-order valence-electron chi connectivity index (χ4n) is 2.63. The SMILES string of the molecule is CN=C(NCCc1cccc(F)c1)NCc1coc(-c2ccc(C)cc2)n1. The Morgan fingerprint density at radius 1 is 1.15 bits per heavy atom. The number of aryl methyl sites for hydroxylation is 1. The van der Waals surface area contributed by atoms with Gasteiger partial charge in [-0.15, -0.1) is 0 Å². The van der Waals surface area contributed by atoms with Crippen LogP contribution < -0.4 is 10.6 Å². The number of rotatable bonds is 6. The summed E-state index contributed by atoms with van der Waals surface area (Å²) >= 11 is 0. The van der Waals surface area contributed by atoms with Gasteiger partial charge in [0.15, 0.2) is 5.96 Å². The van der Waals surface area contributed by atoms with E-state index in [2.05, 4.69) is 20.6 Å². The average molecular weight is 366 g/mol. The Hall–Kier alpha value is -3.15. The van der Waals surface area contributed by atoms with E-state index in [0.717, 1.165) is 16.8 Å². The van der Waals surface area contributed by atoms with Crippen molar-refractivity contribution in [3.63, 3.8) is 0 Å². The van der Waals surface area contributed by atoms with Crippen LogP contribution in [0.5, 0.6) is 0 Å². The molecule has 2 aromatic carbocycles. The van der Waals surface area contributed by atoms with E-state index >= 15 is 0 Å². The number of hydrogen-bond donors (Lipinski definition) is 2. The molecule has 3 aromatic rings. The molecule has 27 heavy (non-hydrogen) atoms. The van der Waals surface area contributed by atoms with Gasteiger partial charge in [0.25, 0.3) is 0 Å². The number of benzene rings is 2. The highest BCUT2D eigenvalue weighted by atomic mass is 19.1. The molecule has 1 heterocycles. The second-order valence-electron chi connectivity index (χ2n) is 6.24. The summed E-state index contributed by atoms with van der Waals surface area (Å²) in [7, 11) is 1.71. The van der Waals surface area contributed by atoms with Crippen molar-refractivity contribution in [2.75, 3.05) is 13.6 Å². The Morgan fingerprint density at radius 3 is 2.70 bits per heavy atom. The fourth-order valence-corrected chi connectivity index (χ4v) is 2.63. The normalized spacial score (nSPS) is 11.4. The van der Waals surface area contributed by atoms with Crippen LogP contribution in [0.4, 0.5) is 4.39 Å². The van der Waals surface area contributed by atoms with Gasteiger partial charge in [0.2, 0.25) is 5.89 Å². The molecule has 6 heteroatoms. The van der Waals surface area contributed by atoms with Crippen molar-refractivity contribution in [2.45, 2.75) is 19.9 Å². The van der Waals surface area contributed by atoms with Crippen molar-refractivity contribution in [1.82, 2.24) is 15.6 Å². The molecule has 2 N–H and O–H groups in total. The minimum atomic E-state index is -0.217. The van der Waals surface area contributed by atoms with Crippen LogP contribution in [0.2, 0.25) is 0 Å². The summed E-state index contributed by atoms with van der Waals surface area (Å²) in [4.78, 5) is 8.69. The van der Waals surface area contributed by atoms with Gasteiger partial charge in [-0.2, -0.15) is 0 Å². The summed E-state index contributed by atoms with van der Waals surface area (Å²) in [6, 6.07) is 14.6. The number of guanidine groups is 1. The van der Waals surface area contributed by atoms with E-state index < -0.39 is 0 Å². The average Bonchev–Trinajstić information content (AvgIpc) is 3.14. The van der Waals surface area contributed by atoms with Crippen LogP contribution in [0, 0.1) is 12.7 Å². The van der Waals surface area contributed by atoms with Gasteiger partial charge in [-0.25, -0.2) is 9.37 Å². The van der Waals surface area contributed by atoms with E-state index in [9.17, 15) is 4.39 Å². The van der Waals surface area contributed by atoms with Crippen LogP contribution in [0.1, 0.15) is 16.8 Å². The van der Waals surface area contributed by atoms with Gasteiger partial charge in [-0.05, 0) is 43.2 Å². The molecule has 1 aromatic heterocycles. The molecule has 3 rings (SSSR count). The van der Waals surface area contributed by atoms with E-state index in [-0.39, 0.29) is 5.82 Å². The van der Waals surface area contributed by atoms with Crippen molar-refractivity contribution < 1.29 is 8.81 Å². The second kappa shape index (κ2) is 8.98. The van der Waals surface area contributed by atoms with Crippen LogP contribution >= 0.6 is 0 Å². The summed E-state index contributed by atoms with van der Waals surface area (Å²) in [5.74, 6) is 1.04. The quantitative estimate of drug-likeness (QED) is 0.516. The summed E-state index contributed by atoms with van der Waals surface area (Å²) in [5.41, 5.74) is 3.88. The van der Waals surface area contributed by atoms with Crippen LogP contribution in [-0.4, -0.2) is 24.5 Å². The van der Waals surface area contributed by atoms with E-state index in [1.165, 1.54) is 11.6 Å². The fraction of sp³-hybridized carbons (Fsp3) is 0.238. The van der Waals surface area contributed by atoms with E-state index in [1.807, 2.05) is 37.3 Å². The molecule has 0 saturated carbocycles. The first-order chi connectivity index (χ1) is 13.1. The Labute approximate surface area is 158 Å². The molecule has 0 saturated heterocycles. The van der Waals surface area contributed by atoms with Crippen molar-refractivity contribution in [3.8, 4) is 11.5 Å². The third kappa shape index (κ3) is 5.41. The van der Waals surface area contributed by atoms with Gasteiger partial charge in [0.1, 0.15) is 12.1 Å². The predicted molar refractivity (Wildman–Crippen MR) is 105 cm³/mol. The zero-order valence-corrected chi connectivity index (χ0v) is 15.5. The molecule has 0 spiro atoms. The van der Waals surface area contributed by atoms with Crippen molar-refractivity contribution in [1.29, 1.82) is 0 Å². The molecular weight excluding hydrogens is 343 g/mol. The monoisotopic (exact) mass is 366 g/mol. The Kier molecular flexibility index (Phi) is 6.20. The molecule has 140 valence electrons. The van der Waals surface area contributed by atoms with Crippen molar-refractivity contribution >= 4 is 5.96 Å². The highest BCUT2D eigenvalue weighted by Gasteiger charge is 2.07. The van der Waals surface area contributed by atoms with Crippen molar-refractivity contribution in [2.24, 2.45) is 4.99 Å². The van der Waals surface area contributed by atoms with Gasteiger partial charge in [-0.1, -0.05) is 29.8 Å². The topological polar surface area (TPSA) is 62.5 Å². The molecule has 0 amide bonds. The van der Waals surface area contributed by atoms with Crippen molar-refractivity contribution in [3.05, 3.63) is 77.4 Å². The molecule has 0 aliphatic carbocycles. The highest BCUT2D eigenvalue weighted by molar-refractivity contribution is 5.79. The lowest BCUT2D eigenvalue weighted by Crippen LogP contribution is -2.37. The molecule has 0 unspecified atom stereocenters. The molecule has 0 aliphatic heterocycles. The van der Waals surface area contributed by atoms with Crippen LogP contribution in [0.3, 0.4) is 0 Å². The molecule has 0 atom stereocenters. The van der Waals surface area contributed by atoms with Gasteiger partial charge in [0.05, 0.1) is 12.2 Å². The van der Waals surface area contributed by atoms with E-state index in [1.54, 1.807) is 25.4 Å². The maximum absolute atomic E-state index is 13.2. The third-order valence-electron chi connectivity index (χ3n) is 4.11. The minimum Gasteiger partial charge on any atom is -0.444 e. The second-order valence-corrected chi connectivity index (χ2v) is 6.24. The summed E-state index contributed by atoms with van der Waals surface area (Å²) in [6.45, 7) is 3.19. The molecule has 0 aliphatic rings. The number of halogens is 1. The number of nitrogens with one attached hydrogen (secondary N) is 2. The molecule has 0 bridgehead atoms. The third-order valence-corrected chi connectivity index (χ3v) is 4.11. The lowest BCUT2D eigenvalue weighted by molar-refractivity contribution is 0.572. The number of aliphatic imine (C=N–C) groups is 1. The summed E-state index contributed by atoms with van der Waals surface area (Å²) in [6.07, 6.45) is 2.35. The first-order valence-electron chi connectivity index (χ1n) is 8.84. The highest BCUT2D eigenvalue weighted by Crippen LogP contribution is 2.18. The number of nitrogens with zero attached hydrogens (tertiary/aromatic N) is 2. The zero-order chi connectivity index (χ0) is 19.1. The molecule has 5 nitrogen and oxygen atoms in total. The predicted octanol–water partition coefficient (Wildman–Crippen LogP) is 3.70. The number of oxazole rings is 1. The Morgan fingerprint density at radius 2 is 1.96 bits per heavy atom. The summed E-state index contributed by atoms with van der Waals surface area (Å²) < 4.78 is 18.8. The van der Waals surface area contributed by atoms with E-state index in [0.29, 0.717) is 31.4 Å². The molecule has 0 radical (unpaired) electrons. The number of aromatic nitrogens is 1. The lowest BCUT2D eigenvalue weighted by Gasteiger charge is -2.10. The molecular formula is C21H23FN4O. The largest absolute Gasteiger partial charge is 0.444 e. The van der Waals surface area contributed by atoms with E-state index in [4.69, 9.17) is 4.42 Å². The number of hydrogen-bond acceptors (Lipinski definition) is 3. The Balaban J connectivity index is 1.49. The van der Waals surface area contributed by atoms with Gasteiger partial charge < -0.3 is 15.1 Å². The van der Waals surface area contributed by atoms with Gasteiger partial charge in [-0.3, -0.25) is 4.99 Å². The molecule has 0 fully saturated rings. The first kappa shape index (κ1) is 18.6. The van der Waals surface area contributed by atoms with Crippen LogP contribution in [0.15, 0.2) is 64.2 Å². The van der Waals surface area contributed by atoms with Gasteiger partial charge >= 0.3 is 0 Å².